The molecule has 1 atom stereocenters. The molecule has 0 saturated carbocycles. The average molecular weight is 501 g/mol. The Labute approximate surface area is 209 Å². The molecule has 2 heterocycles. The zero-order chi connectivity index (χ0) is 24.8. The van der Waals surface area contributed by atoms with Gasteiger partial charge in [-0.25, -0.2) is 4.39 Å². The van der Waals surface area contributed by atoms with Crippen molar-refractivity contribution in [2.45, 2.75) is 32.2 Å². The number of rotatable bonds is 7. The highest BCUT2D eigenvalue weighted by Gasteiger charge is 2.33. The lowest BCUT2D eigenvalue weighted by atomic mass is 9.88. The summed E-state index contributed by atoms with van der Waals surface area (Å²) in [6.07, 6.45) is 2.16. The molecule has 3 N–H and O–H groups in total. The molecule has 186 valence electrons. The standard InChI is InChI=1S/C25H29FN4O4S/c1-2-11-27-24(32)22(29-23(31)17-3-8-20-21(14-17)34-15-33-20)16-9-12-30(13-10-16)25(35)28-19-6-4-18(26)5-7-19/h3-8,14,16,22H,2,9-13,15H2,1H3,(H,27,32)(H,28,35)(H,29,31)/t22-/m0/s1. The number of nitrogens with one attached hydrogen (secondary N) is 3. The molecule has 2 aliphatic rings. The number of benzene rings is 2. The number of amides is 2. The van der Waals surface area contributed by atoms with Crippen LogP contribution in [-0.4, -0.2) is 54.3 Å². The van der Waals surface area contributed by atoms with Crippen molar-refractivity contribution in [1.29, 1.82) is 0 Å². The van der Waals surface area contributed by atoms with Crippen molar-refractivity contribution >= 4 is 34.8 Å². The highest BCUT2D eigenvalue weighted by atomic mass is 32.1. The first kappa shape index (κ1) is 24.7. The van der Waals surface area contributed by atoms with Crippen LogP contribution < -0.4 is 25.4 Å². The lowest BCUT2D eigenvalue weighted by molar-refractivity contribution is -0.124. The predicted molar refractivity (Wildman–Crippen MR) is 134 cm³/mol. The van der Waals surface area contributed by atoms with Crippen LogP contribution in [0.25, 0.3) is 0 Å². The van der Waals surface area contributed by atoms with Crippen LogP contribution in [0.1, 0.15) is 36.5 Å². The summed E-state index contributed by atoms with van der Waals surface area (Å²) in [5.74, 6) is 0.228. The Morgan fingerprint density at radius 3 is 2.54 bits per heavy atom. The third-order valence-electron chi connectivity index (χ3n) is 6.15. The normalized spacial score (nSPS) is 15.9. The number of nitrogens with zero attached hydrogens (tertiary/aromatic N) is 1. The molecule has 1 saturated heterocycles. The number of fused-ring (bicyclic) bond motifs is 1. The van der Waals surface area contributed by atoms with Gasteiger partial charge in [0.15, 0.2) is 16.6 Å². The Kier molecular flexibility index (Phi) is 8.02. The molecule has 2 aliphatic heterocycles. The summed E-state index contributed by atoms with van der Waals surface area (Å²) in [6, 6.07) is 10.3. The van der Waals surface area contributed by atoms with Gasteiger partial charge in [0, 0.05) is 30.9 Å². The smallest absolute Gasteiger partial charge is 0.252 e. The minimum Gasteiger partial charge on any atom is -0.454 e. The molecule has 0 aromatic heterocycles. The minimum atomic E-state index is -0.666. The lowest BCUT2D eigenvalue weighted by Gasteiger charge is -2.37. The van der Waals surface area contributed by atoms with E-state index in [1.54, 1.807) is 30.3 Å². The van der Waals surface area contributed by atoms with Gasteiger partial charge in [0.05, 0.1) is 0 Å². The zero-order valence-electron chi connectivity index (χ0n) is 19.5. The second kappa shape index (κ2) is 11.4. The highest BCUT2D eigenvalue weighted by Crippen LogP contribution is 2.32. The number of hydrogen-bond acceptors (Lipinski definition) is 5. The van der Waals surface area contributed by atoms with E-state index < -0.39 is 6.04 Å². The summed E-state index contributed by atoms with van der Waals surface area (Å²) in [7, 11) is 0. The van der Waals surface area contributed by atoms with E-state index >= 15 is 0 Å². The van der Waals surface area contributed by atoms with Gasteiger partial charge in [-0.3, -0.25) is 9.59 Å². The third kappa shape index (κ3) is 6.19. The first-order valence-corrected chi connectivity index (χ1v) is 12.1. The summed E-state index contributed by atoms with van der Waals surface area (Å²) >= 11 is 5.53. The molecule has 4 rings (SSSR count). The fourth-order valence-corrected chi connectivity index (χ4v) is 4.49. The van der Waals surface area contributed by atoms with Gasteiger partial charge in [-0.15, -0.1) is 0 Å². The first-order chi connectivity index (χ1) is 16.9. The summed E-state index contributed by atoms with van der Waals surface area (Å²) in [5, 5.41) is 9.54. The fraction of sp³-hybridized carbons (Fsp3) is 0.400. The van der Waals surface area contributed by atoms with E-state index in [9.17, 15) is 14.0 Å². The number of thiocarbonyl (C=S) groups is 1. The van der Waals surface area contributed by atoms with Gasteiger partial charge in [0.1, 0.15) is 11.9 Å². The number of piperidine rings is 1. The van der Waals surface area contributed by atoms with Gasteiger partial charge in [-0.2, -0.15) is 0 Å². The van der Waals surface area contributed by atoms with E-state index in [2.05, 4.69) is 16.0 Å². The average Bonchev–Trinajstić information content (AvgIpc) is 3.35. The minimum absolute atomic E-state index is 0.0466. The molecular weight excluding hydrogens is 471 g/mol. The summed E-state index contributed by atoms with van der Waals surface area (Å²) in [6.45, 7) is 3.91. The van der Waals surface area contributed by atoms with E-state index in [1.165, 1.54) is 12.1 Å². The van der Waals surface area contributed by atoms with Gasteiger partial charge < -0.3 is 30.3 Å². The van der Waals surface area contributed by atoms with Crippen LogP contribution in [0.15, 0.2) is 42.5 Å². The number of ether oxygens (including phenoxy) is 2. The molecule has 8 nitrogen and oxygen atoms in total. The van der Waals surface area contributed by atoms with Gasteiger partial charge >= 0.3 is 0 Å². The number of hydrogen-bond donors (Lipinski definition) is 3. The van der Waals surface area contributed by atoms with Crippen molar-refractivity contribution in [1.82, 2.24) is 15.5 Å². The molecule has 0 unspecified atom stereocenters. The molecule has 2 aromatic carbocycles. The Hall–Kier alpha value is -3.40. The maximum atomic E-state index is 13.2. The van der Waals surface area contributed by atoms with E-state index in [1.807, 2.05) is 11.8 Å². The van der Waals surface area contributed by atoms with Crippen molar-refractivity contribution in [3.63, 3.8) is 0 Å². The quantitative estimate of drug-likeness (QED) is 0.503. The lowest BCUT2D eigenvalue weighted by Crippen LogP contribution is -2.54. The van der Waals surface area contributed by atoms with Crippen LogP contribution in [0.5, 0.6) is 11.5 Å². The van der Waals surface area contributed by atoms with E-state index in [4.69, 9.17) is 21.7 Å². The number of likely N-dealkylation sites (tertiary alicyclic amines) is 1. The van der Waals surface area contributed by atoms with Crippen LogP contribution in [0.4, 0.5) is 10.1 Å². The molecule has 0 bridgehead atoms. The largest absolute Gasteiger partial charge is 0.454 e. The maximum Gasteiger partial charge on any atom is 0.252 e. The SMILES string of the molecule is CCCNC(=O)[C@@H](NC(=O)c1ccc2c(c1)OCO2)C1CCN(C(=S)Nc2ccc(F)cc2)CC1. The van der Waals surface area contributed by atoms with Gasteiger partial charge in [0.25, 0.3) is 5.91 Å². The Bertz CT molecular complexity index is 1070. The highest BCUT2D eigenvalue weighted by molar-refractivity contribution is 7.80. The van der Waals surface area contributed by atoms with Crippen LogP contribution >= 0.6 is 12.2 Å². The fourth-order valence-electron chi connectivity index (χ4n) is 4.19. The Morgan fingerprint density at radius 2 is 1.83 bits per heavy atom. The Balaban J connectivity index is 1.38. The predicted octanol–water partition coefficient (Wildman–Crippen LogP) is 3.29. The molecule has 2 aromatic rings. The van der Waals surface area contributed by atoms with Gasteiger partial charge in [-0.05, 0) is 79.9 Å². The van der Waals surface area contributed by atoms with E-state index in [0.29, 0.717) is 60.3 Å². The molecule has 10 heteroatoms. The molecule has 0 spiro atoms. The summed E-state index contributed by atoms with van der Waals surface area (Å²) in [4.78, 5) is 28.0. The van der Waals surface area contributed by atoms with Crippen molar-refractivity contribution in [3.05, 3.63) is 53.8 Å². The number of carbonyl (C=O) groups is 2. The molecule has 0 aliphatic carbocycles. The second-order valence-corrected chi connectivity index (χ2v) is 8.96. The van der Waals surface area contributed by atoms with E-state index in [0.717, 1.165) is 6.42 Å². The maximum absolute atomic E-state index is 13.2. The molecule has 0 radical (unpaired) electrons. The molecule has 35 heavy (non-hydrogen) atoms. The number of carbonyl (C=O) groups excluding carboxylic acids is 2. The van der Waals surface area contributed by atoms with Crippen LogP contribution in [0.3, 0.4) is 0 Å². The zero-order valence-corrected chi connectivity index (χ0v) is 20.3. The summed E-state index contributed by atoms with van der Waals surface area (Å²) < 4.78 is 23.8. The van der Waals surface area contributed by atoms with Gasteiger partial charge in [-0.1, -0.05) is 6.92 Å². The number of halogens is 1. The van der Waals surface area contributed by atoms with Gasteiger partial charge in [0.2, 0.25) is 12.7 Å². The van der Waals surface area contributed by atoms with Crippen molar-refractivity contribution in [2.24, 2.45) is 5.92 Å². The van der Waals surface area contributed by atoms with Crippen LogP contribution in [0, 0.1) is 11.7 Å². The molecular formula is C25H29FN4O4S. The second-order valence-electron chi connectivity index (χ2n) is 8.57. The van der Waals surface area contributed by atoms with Crippen molar-refractivity contribution < 1.29 is 23.5 Å². The topological polar surface area (TPSA) is 91.9 Å². The number of anilines is 1. The van der Waals surface area contributed by atoms with Crippen molar-refractivity contribution in [2.75, 3.05) is 31.7 Å². The summed E-state index contributed by atoms with van der Waals surface area (Å²) in [5.41, 5.74) is 1.12. The third-order valence-corrected chi connectivity index (χ3v) is 6.51. The van der Waals surface area contributed by atoms with Crippen molar-refractivity contribution in [3.8, 4) is 11.5 Å². The molecule has 2 amide bonds. The van der Waals surface area contributed by atoms with E-state index in [-0.39, 0.29) is 30.3 Å². The van der Waals surface area contributed by atoms with Crippen LogP contribution in [-0.2, 0) is 4.79 Å². The monoisotopic (exact) mass is 500 g/mol. The Morgan fingerprint density at radius 1 is 1.11 bits per heavy atom. The van der Waals surface area contributed by atoms with Crippen LogP contribution in [0.2, 0.25) is 0 Å². The molecule has 1 fully saturated rings. The first-order valence-electron chi connectivity index (χ1n) is 11.7.